The van der Waals surface area contributed by atoms with Crippen LogP contribution in [0.15, 0.2) is 52.7 Å². The Labute approximate surface area is 176 Å². The van der Waals surface area contributed by atoms with Gasteiger partial charge in [0.2, 0.25) is 0 Å². The molecule has 6 nitrogen and oxygen atoms in total. The SMILES string of the molecule is CCOc1cc(C=NN=C(N)SCc2ccccc2)cc(I)c1OCC#N. The number of hydrogen-bond donors (Lipinski definition) is 1. The van der Waals surface area contributed by atoms with E-state index in [1.54, 1.807) is 12.3 Å². The lowest BCUT2D eigenvalue weighted by atomic mass is 10.2. The number of nitrogens with zero attached hydrogens (tertiary/aromatic N) is 3. The summed E-state index contributed by atoms with van der Waals surface area (Å²) in [7, 11) is 0. The van der Waals surface area contributed by atoms with Crippen LogP contribution in [0.2, 0.25) is 0 Å². The molecular weight excluding hydrogens is 475 g/mol. The normalized spacial score (nSPS) is 11.4. The highest BCUT2D eigenvalue weighted by atomic mass is 127. The lowest BCUT2D eigenvalue weighted by Crippen LogP contribution is -2.06. The fourth-order valence-electron chi connectivity index (χ4n) is 2.08. The molecule has 27 heavy (non-hydrogen) atoms. The van der Waals surface area contributed by atoms with E-state index in [-0.39, 0.29) is 6.61 Å². The van der Waals surface area contributed by atoms with Crippen molar-refractivity contribution in [3.63, 3.8) is 0 Å². The zero-order valence-electron chi connectivity index (χ0n) is 14.8. The van der Waals surface area contributed by atoms with Crippen LogP contribution in [0.5, 0.6) is 11.5 Å². The molecule has 0 heterocycles. The van der Waals surface area contributed by atoms with Gasteiger partial charge in [0.15, 0.2) is 23.3 Å². The first kappa shape index (κ1) is 21.1. The van der Waals surface area contributed by atoms with E-state index in [1.165, 1.54) is 17.3 Å². The van der Waals surface area contributed by atoms with Gasteiger partial charge in [-0.05, 0) is 52.8 Å². The predicted octanol–water partition coefficient (Wildman–Crippen LogP) is 4.17. The fourth-order valence-corrected chi connectivity index (χ4v) is 3.48. The first-order valence-corrected chi connectivity index (χ1v) is 10.2. The molecule has 0 saturated carbocycles. The first-order chi connectivity index (χ1) is 13.1. The third kappa shape index (κ3) is 7.11. The van der Waals surface area contributed by atoms with Crippen molar-refractivity contribution in [2.24, 2.45) is 15.9 Å². The van der Waals surface area contributed by atoms with E-state index in [9.17, 15) is 0 Å². The van der Waals surface area contributed by atoms with E-state index in [1.807, 2.05) is 49.4 Å². The second kappa shape index (κ2) is 11.5. The molecule has 8 heteroatoms. The van der Waals surface area contributed by atoms with Crippen LogP contribution in [0, 0.1) is 14.9 Å². The molecule has 2 rings (SSSR count). The molecule has 0 fully saturated rings. The summed E-state index contributed by atoms with van der Waals surface area (Å²) in [6.07, 6.45) is 1.61. The molecule has 0 aliphatic rings. The van der Waals surface area contributed by atoms with Gasteiger partial charge in [0.25, 0.3) is 0 Å². The van der Waals surface area contributed by atoms with Crippen molar-refractivity contribution in [1.82, 2.24) is 0 Å². The molecule has 2 aromatic carbocycles. The van der Waals surface area contributed by atoms with Gasteiger partial charge in [-0.2, -0.15) is 10.4 Å². The van der Waals surface area contributed by atoms with Gasteiger partial charge in [0.1, 0.15) is 6.07 Å². The van der Waals surface area contributed by atoms with Crippen LogP contribution in [0.25, 0.3) is 0 Å². The van der Waals surface area contributed by atoms with Crippen LogP contribution in [0.4, 0.5) is 0 Å². The minimum atomic E-state index is -0.0387. The zero-order chi connectivity index (χ0) is 19.5. The van der Waals surface area contributed by atoms with Gasteiger partial charge in [-0.1, -0.05) is 42.1 Å². The summed E-state index contributed by atoms with van der Waals surface area (Å²) in [5.41, 5.74) is 7.87. The third-order valence-corrected chi connectivity index (χ3v) is 4.86. The summed E-state index contributed by atoms with van der Waals surface area (Å²) in [6.45, 7) is 2.33. The number of nitrogens with two attached hydrogens (primary N) is 1. The number of amidine groups is 1. The molecule has 2 aromatic rings. The maximum absolute atomic E-state index is 8.71. The van der Waals surface area contributed by atoms with Crippen LogP contribution in [-0.4, -0.2) is 24.6 Å². The monoisotopic (exact) mass is 494 g/mol. The summed E-state index contributed by atoms with van der Waals surface area (Å²) < 4.78 is 11.9. The Balaban J connectivity index is 2.05. The fraction of sp³-hybridized carbons (Fsp3) is 0.211. The average Bonchev–Trinajstić information content (AvgIpc) is 2.67. The molecule has 0 atom stereocenters. The molecule has 0 amide bonds. The molecule has 0 unspecified atom stereocenters. The highest BCUT2D eigenvalue weighted by Crippen LogP contribution is 2.33. The van der Waals surface area contributed by atoms with Gasteiger partial charge >= 0.3 is 0 Å². The van der Waals surface area contributed by atoms with E-state index in [0.717, 1.165) is 14.9 Å². The molecule has 2 N–H and O–H groups in total. The number of nitriles is 1. The summed E-state index contributed by atoms with van der Waals surface area (Å²) >= 11 is 3.56. The first-order valence-electron chi connectivity index (χ1n) is 8.13. The van der Waals surface area contributed by atoms with E-state index in [0.29, 0.717) is 23.3 Å². The van der Waals surface area contributed by atoms with Crippen LogP contribution >= 0.6 is 34.4 Å². The lowest BCUT2D eigenvalue weighted by molar-refractivity contribution is 0.297. The van der Waals surface area contributed by atoms with Crippen molar-refractivity contribution in [2.75, 3.05) is 13.2 Å². The number of halogens is 1. The largest absolute Gasteiger partial charge is 0.490 e. The van der Waals surface area contributed by atoms with E-state index in [2.05, 4.69) is 32.8 Å². The van der Waals surface area contributed by atoms with Gasteiger partial charge in [0.05, 0.1) is 16.4 Å². The van der Waals surface area contributed by atoms with Gasteiger partial charge in [-0.25, -0.2) is 0 Å². The summed E-state index contributed by atoms with van der Waals surface area (Å²) in [5, 5.41) is 17.2. The topological polar surface area (TPSA) is 93.0 Å². The number of rotatable bonds is 8. The quantitative estimate of drug-likeness (QED) is 0.257. The standard InChI is InChI=1S/C19H19IN4O2S/c1-2-25-17-11-15(10-16(20)18(17)26-9-8-21)12-23-24-19(22)27-13-14-6-4-3-5-7-14/h3-7,10-12H,2,9,13H2,1H3,(H2,22,24). The van der Waals surface area contributed by atoms with Gasteiger partial charge < -0.3 is 15.2 Å². The van der Waals surface area contributed by atoms with Crippen molar-refractivity contribution in [2.45, 2.75) is 12.7 Å². The van der Waals surface area contributed by atoms with Crippen LogP contribution in [0.1, 0.15) is 18.1 Å². The van der Waals surface area contributed by atoms with Crippen molar-refractivity contribution < 1.29 is 9.47 Å². The molecule has 0 saturated heterocycles. The van der Waals surface area contributed by atoms with Crippen molar-refractivity contribution in [1.29, 1.82) is 5.26 Å². The Hall–Kier alpha value is -2.25. The summed E-state index contributed by atoms with van der Waals surface area (Å²) in [5.74, 6) is 1.86. The number of ether oxygens (including phenoxy) is 2. The minimum absolute atomic E-state index is 0.0387. The van der Waals surface area contributed by atoms with Gasteiger partial charge in [-0.15, -0.1) is 5.10 Å². The smallest absolute Gasteiger partial charge is 0.180 e. The van der Waals surface area contributed by atoms with Crippen molar-refractivity contribution >= 4 is 45.7 Å². The molecule has 0 aliphatic carbocycles. The maximum atomic E-state index is 8.71. The van der Waals surface area contributed by atoms with Gasteiger partial charge in [-0.3, -0.25) is 0 Å². The van der Waals surface area contributed by atoms with Gasteiger partial charge in [0, 0.05) is 5.75 Å². The molecular formula is C19H19IN4O2S. The Morgan fingerprint density at radius 3 is 2.78 bits per heavy atom. The van der Waals surface area contributed by atoms with E-state index < -0.39 is 0 Å². The molecule has 0 bridgehead atoms. The zero-order valence-corrected chi connectivity index (χ0v) is 17.7. The number of thioether (sulfide) groups is 1. The van der Waals surface area contributed by atoms with E-state index in [4.69, 9.17) is 20.5 Å². The Morgan fingerprint density at radius 1 is 1.30 bits per heavy atom. The Bertz CT molecular complexity index is 851. The second-order valence-electron chi connectivity index (χ2n) is 5.17. The Morgan fingerprint density at radius 2 is 2.07 bits per heavy atom. The molecule has 0 spiro atoms. The molecule has 0 aliphatic heterocycles. The third-order valence-electron chi connectivity index (χ3n) is 3.21. The summed E-state index contributed by atoms with van der Waals surface area (Å²) in [4.78, 5) is 0. The van der Waals surface area contributed by atoms with E-state index >= 15 is 0 Å². The number of benzene rings is 2. The maximum Gasteiger partial charge on any atom is 0.180 e. The van der Waals surface area contributed by atoms with Crippen molar-refractivity contribution in [3.8, 4) is 17.6 Å². The highest BCUT2D eigenvalue weighted by molar-refractivity contribution is 14.1. The minimum Gasteiger partial charge on any atom is -0.490 e. The Kier molecular flexibility index (Phi) is 8.94. The molecule has 140 valence electrons. The van der Waals surface area contributed by atoms with Crippen LogP contribution < -0.4 is 15.2 Å². The molecule has 0 radical (unpaired) electrons. The van der Waals surface area contributed by atoms with Crippen molar-refractivity contribution in [3.05, 3.63) is 57.2 Å². The summed E-state index contributed by atoms with van der Waals surface area (Å²) in [6, 6.07) is 15.7. The number of hydrogen-bond acceptors (Lipinski definition) is 6. The molecule has 0 aromatic heterocycles. The van der Waals surface area contributed by atoms with Crippen LogP contribution in [0.3, 0.4) is 0 Å². The average molecular weight is 494 g/mol. The second-order valence-corrected chi connectivity index (χ2v) is 7.32. The lowest BCUT2D eigenvalue weighted by Gasteiger charge is -2.12. The highest BCUT2D eigenvalue weighted by Gasteiger charge is 2.11. The van der Waals surface area contributed by atoms with Crippen LogP contribution in [-0.2, 0) is 5.75 Å². The predicted molar refractivity (Wildman–Crippen MR) is 118 cm³/mol.